The van der Waals surface area contributed by atoms with Crippen LogP contribution in [0.3, 0.4) is 0 Å². The lowest BCUT2D eigenvalue weighted by molar-refractivity contribution is -0.134. The van der Waals surface area contributed by atoms with Gasteiger partial charge in [0.1, 0.15) is 12.1 Å². The number of carbonyl (C=O) groups excluding carboxylic acids is 1. The van der Waals surface area contributed by atoms with Crippen molar-refractivity contribution in [3.05, 3.63) is 41.7 Å². The summed E-state index contributed by atoms with van der Waals surface area (Å²) in [6.45, 7) is 5.68. The summed E-state index contributed by atoms with van der Waals surface area (Å²) in [5, 5.41) is 15.4. The largest absolute Gasteiger partial charge is 0.336 e. The molecule has 0 saturated carbocycles. The molecule has 0 radical (unpaired) electrons. The van der Waals surface area contributed by atoms with Gasteiger partial charge >= 0.3 is 0 Å². The third-order valence-corrected chi connectivity index (χ3v) is 4.40. The number of nitrogens with zero attached hydrogens (tertiary/aromatic N) is 5. The molecule has 118 valence electrons. The molecule has 23 heavy (non-hydrogen) atoms. The maximum atomic E-state index is 12.7. The standard InChI is InChI=1S/C16H18N6O/c1-16(2)10-21(8-11-7-17-19-15(11)16)14(23)9-22-13-6-4-3-5-12(13)18-20-22/h3-7H,8-10H2,1-2H3,(H,17,19). The number of aromatic nitrogens is 5. The van der Waals surface area contributed by atoms with Crippen LogP contribution in [0.15, 0.2) is 30.5 Å². The van der Waals surface area contributed by atoms with Gasteiger partial charge in [-0.05, 0) is 12.1 Å². The quantitative estimate of drug-likeness (QED) is 0.777. The average molecular weight is 310 g/mol. The van der Waals surface area contributed by atoms with Crippen LogP contribution in [-0.4, -0.2) is 42.5 Å². The average Bonchev–Trinajstić information content (AvgIpc) is 3.14. The molecule has 0 spiro atoms. The monoisotopic (exact) mass is 310 g/mol. The molecule has 1 N–H and O–H groups in total. The van der Waals surface area contributed by atoms with Gasteiger partial charge in [-0.2, -0.15) is 5.10 Å². The zero-order chi connectivity index (χ0) is 16.0. The molecule has 1 aromatic carbocycles. The summed E-state index contributed by atoms with van der Waals surface area (Å²) in [5.41, 5.74) is 3.74. The van der Waals surface area contributed by atoms with Crippen LogP contribution >= 0.6 is 0 Å². The maximum absolute atomic E-state index is 12.7. The maximum Gasteiger partial charge on any atom is 0.244 e. The summed E-state index contributed by atoms with van der Waals surface area (Å²) >= 11 is 0. The molecule has 1 aliphatic heterocycles. The van der Waals surface area contributed by atoms with Gasteiger partial charge in [0.05, 0.1) is 11.7 Å². The zero-order valence-corrected chi connectivity index (χ0v) is 13.2. The lowest BCUT2D eigenvalue weighted by Crippen LogP contribution is -2.46. The fourth-order valence-electron chi connectivity index (χ4n) is 3.27. The van der Waals surface area contributed by atoms with E-state index in [2.05, 4.69) is 34.4 Å². The van der Waals surface area contributed by atoms with E-state index in [0.717, 1.165) is 22.3 Å². The smallest absolute Gasteiger partial charge is 0.244 e. The van der Waals surface area contributed by atoms with E-state index in [1.54, 1.807) is 10.9 Å². The molecule has 0 bridgehead atoms. The Morgan fingerprint density at radius 3 is 3.04 bits per heavy atom. The van der Waals surface area contributed by atoms with Crippen LogP contribution in [-0.2, 0) is 23.3 Å². The third-order valence-electron chi connectivity index (χ3n) is 4.40. The first kappa shape index (κ1) is 13.9. The second kappa shape index (κ2) is 4.91. The number of para-hydroxylation sites is 1. The SMILES string of the molecule is CC1(C)CN(C(=O)Cn2nnc3ccccc32)Cc2cn[nH]c21. The highest BCUT2D eigenvalue weighted by Gasteiger charge is 2.35. The number of benzene rings is 1. The van der Waals surface area contributed by atoms with Crippen molar-refractivity contribution in [2.75, 3.05) is 6.54 Å². The van der Waals surface area contributed by atoms with Gasteiger partial charge in [0.2, 0.25) is 5.91 Å². The first-order valence-corrected chi connectivity index (χ1v) is 7.63. The van der Waals surface area contributed by atoms with E-state index in [-0.39, 0.29) is 17.9 Å². The molecule has 4 rings (SSSR count). The van der Waals surface area contributed by atoms with Crippen LogP contribution in [0, 0.1) is 0 Å². The van der Waals surface area contributed by atoms with Crippen molar-refractivity contribution >= 4 is 16.9 Å². The summed E-state index contributed by atoms with van der Waals surface area (Å²) in [7, 11) is 0. The molecule has 3 aromatic rings. The van der Waals surface area contributed by atoms with Gasteiger partial charge in [-0.3, -0.25) is 9.89 Å². The van der Waals surface area contributed by atoms with E-state index in [9.17, 15) is 4.79 Å². The van der Waals surface area contributed by atoms with Crippen LogP contribution < -0.4 is 0 Å². The van der Waals surface area contributed by atoms with Gasteiger partial charge in [0.25, 0.3) is 0 Å². The van der Waals surface area contributed by atoms with Crippen LogP contribution in [0.1, 0.15) is 25.1 Å². The van der Waals surface area contributed by atoms with Gasteiger partial charge in [-0.25, -0.2) is 4.68 Å². The summed E-state index contributed by atoms with van der Waals surface area (Å²) in [4.78, 5) is 14.6. The summed E-state index contributed by atoms with van der Waals surface area (Å²) in [6, 6.07) is 7.66. The van der Waals surface area contributed by atoms with E-state index in [0.29, 0.717) is 13.1 Å². The molecule has 0 aliphatic carbocycles. The third kappa shape index (κ3) is 2.28. The molecule has 3 heterocycles. The Kier molecular flexibility index (Phi) is 2.97. The van der Waals surface area contributed by atoms with Crippen molar-refractivity contribution in [3.8, 4) is 0 Å². The minimum atomic E-state index is -0.135. The molecule has 1 amide bonds. The predicted molar refractivity (Wildman–Crippen MR) is 84.6 cm³/mol. The topological polar surface area (TPSA) is 79.7 Å². The Bertz CT molecular complexity index is 877. The molecule has 7 nitrogen and oxygen atoms in total. The number of rotatable bonds is 2. The second-order valence-electron chi connectivity index (χ2n) is 6.64. The van der Waals surface area contributed by atoms with Crippen LogP contribution in [0.2, 0.25) is 0 Å². The van der Waals surface area contributed by atoms with Crippen molar-refractivity contribution in [2.45, 2.75) is 32.4 Å². The number of amides is 1. The normalized spacial score (nSPS) is 16.5. The minimum Gasteiger partial charge on any atom is -0.336 e. The molecule has 0 unspecified atom stereocenters. The van der Waals surface area contributed by atoms with Gasteiger partial charge in [0.15, 0.2) is 0 Å². The molecule has 0 fully saturated rings. The number of fused-ring (bicyclic) bond motifs is 2. The second-order valence-corrected chi connectivity index (χ2v) is 6.64. The Morgan fingerprint density at radius 2 is 2.17 bits per heavy atom. The van der Waals surface area contributed by atoms with Gasteiger partial charge in [-0.1, -0.05) is 31.2 Å². The van der Waals surface area contributed by atoms with Crippen LogP contribution in [0.25, 0.3) is 11.0 Å². The van der Waals surface area contributed by atoms with E-state index in [1.165, 1.54) is 0 Å². The lowest BCUT2D eigenvalue weighted by atomic mass is 9.83. The first-order valence-electron chi connectivity index (χ1n) is 7.63. The highest BCUT2D eigenvalue weighted by atomic mass is 16.2. The fourth-order valence-corrected chi connectivity index (χ4v) is 3.27. The zero-order valence-electron chi connectivity index (χ0n) is 13.2. The van der Waals surface area contributed by atoms with E-state index < -0.39 is 0 Å². The summed E-state index contributed by atoms with van der Waals surface area (Å²) in [5.74, 6) is 0.0422. The molecule has 1 aliphatic rings. The first-order chi connectivity index (χ1) is 11.0. The predicted octanol–water partition coefficient (Wildman–Crippen LogP) is 1.47. The number of hydrogen-bond acceptors (Lipinski definition) is 4. The summed E-state index contributed by atoms with van der Waals surface area (Å²) in [6.07, 6.45) is 1.81. The Hall–Kier alpha value is -2.70. The highest BCUT2D eigenvalue weighted by molar-refractivity contribution is 5.80. The number of carbonyl (C=O) groups is 1. The van der Waals surface area contributed by atoms with Gasteiger partial charge in [0, 0.05) is 29.8 Å². The van der Waals surface area contributed by atoms with E-state index in [4.69, 9.17) is 0 Å². The molecular weight excluding hydrogens is 292 g/mol. The van der Waals surface area contributed by atoms with Crippen molar-refractivity contribution in [1.29, 1.82) is 0 Å². The number of nitrogens with one attached hydrogen (secondary N) is 1. The number of hydrogen-bond donors (Lipinski definition) is 1. The van der Waals surface area contributed by atoms with Gasteiger partial charge in [-0.15, -0.1) is 5.10 Å². The van der Waals surface area contributed by atoms with Crippen molar-refractivity contribution in [2.24, 2.45) is 0 Å². The molecule has 7 heteroatoms. The Morgan fingerprint density at radius 1 is 1.35 bits per heavy atom. The van der Waals surface area contributed by atoms with Crippen molar-refractivity contribution < 1.29 is 4.79 Å². The van der Waals surface area contributed by atoms with Crippen LogP contribution in [0.5, 0.6) is 0 Å². The minimum absolute atomic E-state index is 0.0422. The Balaban J connectivity index is 1.59. The van der Waals surface area contributed by atoms with E-state index >= 15 is 0 Å². The molecule has 0 saturated heterocycles. The molecular formula is C16H18N6O. The highest BCUT2D eigenvalue weighted by Crippen LogP contribution is 2.31. The number of aromatic amines is 1. The molecule has 2 aromatic heterocycles. The van der Waals surface area contributed by atoms with E-state index in [1.807, 2.05) is 29.2 Å². The summed E-state index contributed by atoms with van der Waals surface area (Å²) < 4.78 is 1.66. The van der Waals surface area contributed by atoms with Gasteiger partial charge < -0.3 is 4.90 Å². The van der Waals surface area contributed by atoms with Crippen molar-refractivity contribution in [1.82, 2.24) is 30.1 Å². The molecule has 0 atom stereocenters. The Labute approximate surface area is 133 Å². The lowest BCUT2D eigenvalue weighted by Gasteiger charge is -2.37. The fraction of sp³-hybridized carbons (Fsp3) is 0.375. The van der Waals surface area contributed by atoms with Crippen LogP contribution in [0.4, 0.5) is 0 Å². The number of H-pyrrole nitrogens is 1. The van der Waals surface area contributed by atoms with Crippen molar-refractivity contribution in [3.63, 3.8) is 0 Å².